The summed E-state index contributed by atoms with van der Waals surface area (Å²) in [5, 5.41) is 6.05. The van der Waals surface area contributed by atoms with Crippen molar-refractivity contribution in [1.29, 1.82) is 0 Å². The number of nitrogens with zero attached hydrogens (tertiary/aromatic N) is 3. The number of hydrogen-bond donors (Lipinski definition) is 0. The predicted octanol–water partition coefficient (Wildman–Crippen LogP) is 4.20. The summed E-state index contributed by atoms with van der Waals surface area (Å²) in [6, 6.07) is 11.9. The van der Waals surface area contributed by atoms with Gasteiger partial charge in [0.1, 0.15) is 0 Å². The highest BCUT2D eigenvalue weighted by atomic mass is 32.1. The molecule has 1 aliphatic rings. The number of aryl methyl sites for hydroxylation is 1. The Hall–Kier alpha value is -2.47. The first-order chi connectivity index (χ1) is 12.7. The minimum absolute atomic E-state index is 0.151. The monoisotopic (exact) mass is 367 g/mol. The van der Waals surface area contributed by atoms with E-state index in [-0.39, 0.29) is 5.91 Å². The molecule has 5 nitrogen and oxygen atoms in total. The number of carbonyl (C=O) groups excluding carboxylic acids is 1. The SMILES string of the molecule is Cc1ccc(-c2noc(CC3CCN(C(=O)c4cccs4)CC3)n2)cc1. The van der Waals surface area contributed by atoms with E-state index in [0.29, 0.717) is 17.6 Å². The summed E-state index contributed by atoms with van der Waals surface area (Å²) in [7, 11) is 0. The van der Waals surface area contributed by atoms with Gasteiger partial charge in [-0.05, 0) is 37.1 Å². The highest BCUT2D eigenvalue weighted by molar-refractivity contribution is 7.12. The Morgan fingerprint density at radius 2 is 2.00 bits per heavy atom. The van der Waals surface area contributed by atoms with Gasteiger partial charge in [0.25, 0.3) is 5.91 Å². The Bertz CT molecular complexity index is 863. The molecule has 0 radical (unpaired) electrons. The Labute approximate surface area is 156 Å². The molecule has 3 aromatic rings. The van der Waals surface area contributed by atoms with Crippen molar-refractivity contribution in [2.45, 2.75) is 26.2 Å². The van der Waals surface area contributed by atoms with E-state index in [9.17, 15) is 4.79 Å². The number of carbonyl (C=O) groups is 1. The lowest BCUT2D eigenvalue weighted by atomic mass is 9.93. The van der Waals surface area contributed by atoms with Gasteiger partial charge in [-0.25, -0.2) is 0 Å². The summed E-state index contributed by atoms with van der Waals surface area (Å²) in [4.78, 5) is 19.7. The maximum absolute atomic E-state index is 12.4. The van der Waals surface area contributed by atoms with Crippen LogP contribution in [0.15, 0.2) is 46.3 Å². The van der Waals surface area contributed by atoms with Gasteiger partial charge in [-0.2, -0.15) is 4.98 Å². The van der Waals surface area contributed by atoms with Gasteiger partial charge in [0.05, 0.1) is 4.88 Å². The minimum atomic E-state index is 0.151. The molecule has 6 heteroatoms. The van der Waals surface area contributed by atoms with Crippen LogP contribution in [0.4, 0.5) is 0 Å². The number of amides is 1. The molecule has 4 rings (SSSR count). The lowest BCUT2D eigenvalue weighted by Gasteiger charge is -2.31. The molecule has 1 aromatic carbocycles. The van der Waals surface area contributed by atoms with Crippen molar-refractivity contribution in [3.05, 3.63) is 58.1 Å². The van der Waals surface area contributed by atoms with Crippen LogP contribution in [-0.4, -0.2) is 34.0 Å². The fourth-order valence-electron chi connectivity index (χ4n) is 3.30. The van der Waals surface area contributed by atoms with E-state index in [1.54, 1.807) is 0 Å². The molecule has 1 amide bonds. The van der Waals surface area contributed by atoms with Crippen molar-refractivity contribution in [3.63, 3.8) is 0 Å². The average molecular weight is 367 g/mol. The van der Waals surface area contributed by atoms with Crippen LogP contribution in [-0.2, 0) is 6.42 Å². The van der Waals surface area contributed by atoms with E-state index >= 15 is 0 Å². The van der Waals surface area contributed by atoms with Crippen LogP contribution >= 0.6 is 11.3 Å². The van der Waals surface area contributed by atoms with Crippen LogP contribution in [0.25, 0.3) is 11.4 Å². The second-order valence-corrected chi connectivity index (χ2v) is 7.74. The first-order valence-corrected chi connectivity index (χ1v) is 9.79. The van der Waals surface area contributed by atoms with E-state index in [1.807, 2.05) is 46.7 Å². The molecule has 0 atom stereocenters. The third kappa shape index (κ3) is 3.70. The Balaban J connectivity index is 1.33. The van der Waals surface area contributed by atoms with E-state index in [0.717, 1.165) is 42.8 Å². The molecular weight excluding hydrogens is 346 g/mol. The highest BCUT2D eigenvalue weighted by Crippen LogP contribution is 2.24. The topological polar surface area (TPSA) is 59.2 Å². The number of aromatic nitrogens is 2. The zero-order chi connectivity index (χ0) is 17.9. The predicted molar refractivity (Wildman–Crippen MR) is 101 cm³/mol. The lowest BCUT2D eigenvalue weighted by Crippen LogP contribution is -2.38. The van der Waals surface area contributed by atoms with Crippen molar-refractivity contribution in [1.82, 2.24) is 15.0 Å². The summed E-state index contributed by atoms with van der Waals surface area (Å²) in [5.74, 6) is 1.96. The quantitative estimate of drug-likeness (QED) is 0.693. The molecule has 0 saturated carbocycles. The molecule has 1 saturated heterocycles. The van der Waals surface area contributed by atoms with Crippen molar-refractivity contribution < 1.29 is 9.32 Å². The molecule has 0 spiro atoms. The summed E-state index contributed by atoms with van der Waals surface area (Å²) in [5.41, 5.74) is 2.18. The maximum Gasteiger partial charge on any atom is 0.263 e. The summed E-state index contributed by atoms with van der Waals surface area (Å²) >= 11 is 1.51. The van der Waals surface area contributed by atoms with Gasteiger partial charge >= 0.3 is 0 Å². The molecule has 26 heavy (non-hydrogen) atoms. The fraction of sp³-hybridized carbons (Fsp3) is 0.350. The van der Waals surface area contributed by atoms with Crippen LogP contribution in [0.3, 0.4) is 0 Å². The second-order valence-electron chi connectivity index (χ2n) is 6.79. The molecule has 0 unspecified atom stereocenters. The van der Waals surface area contributed by atoms with E-state index in [1.165, 1.54) is 16.9 Å². The number of likely N-dealkylation sites (tertiary alicyclic amines) is 1. The second kappa shape index (κ2) is 7.41. The lowest BCUT2D eigenvalue weighted by molar-refractivity contribution is 0.0692. The Kier molecular flexibility index (Phi) is 4.84. The molecular formula is C20H21N3O2S. The smallest absolute Gasteiger partial charge is 0.263 e. The minimum Gasteiger partial charge on any atom is -0.339 e. The Morgan fingerprint density at radius 3 is 2.69 bits per heavy atom. The van der Waals surface area contributed by atoms with Gasteiger partial charge in [-0.3, -0.25) is 4.79 Å². The van der Waals surface area contributed by atoms with E-state index in [4.69, 9.17) is 4.52 Å². The zero-order valence-electron chi connectivity index (χ0n) is 14.7. The van der Waals surface area contributed by atoms with E-state index < -0.39 is 0 Å². The first kappa shape index (κ1) is 17.0. The zero-order valence-corrected chi connectivity index (χ0v) is 15.5. The third-order valence-corrected chi connectivity index (χ3v) is 5.73. The third-order valence-electron chi connectivity index (χ3n) is 4.87. The van der Waals surface area contributed by atoms with Gasteiger partial charge in [0.2, 0.25) is 11.7 Å². The fourth-order valence-corrected chi connectivity index (χ4v) is 3.99. The molecule has 2 aromatic heterocycles. The number of benzene rings is 1. The molecule has 3 heterocycles. The summed E-state index contributed by atoms with van der Waals surface area (Å²) < 4.78 is 5.45. The standard InChI is InChI=1S/C20H21N3O2S/c1-14-4-6-16(7-5-14)19-21-18(25-22-19)13-15-8-10-23(11-9-15)20(24)17-3-2-12-26-17/h2-7,12,15H,8-11,13H2,1H3. The van der Waals surface area contributed by atoms with Crippen LogP contribution in [0.2, 0.25) is 0 Å². The van der Waals surface area contributed by atoms with Crippen LogP contribution in [0, 0.1) is 12.8 Å². The molecule has 1 aliphatic heterocycles. The van der Waals surface area contributed by atoms with Crippen molar-refractivity contribution in [2.75, 3.05) is 13.1 Å². The van der Waals surface area contributed by atoms with Gasteiger partial charge < -0.3 is 9.42 Å². The van der Waals surface area contributed by atoms with Crippen LogP contribution in [0.5, 0.6) is 0 Å². The van der Waals surface area contributed by atoms with Gasteiger partial charge in [0, 0.05) is 25.1 Å². The van der Waals surface area contributed by atoms with Crippen LogP contribution < -0.4 is 0 Å². The van der Waals surface area contributed by atoms with Crippen molar-refractivity contribution in [2.24, 2.45) is 5.92 Å². The van der Waals surface area contributed by atoms with E-state index in [2.05, 4.69) is 17.1 Å². The number of piperidine rings is 1. The summed E-state index contributed by atoms with van der Waals surface area (Å²) in [6.07, 6.45) is 2.72. The van der Waals surface area contributed by atoms with Crippen molar-refractivity contribution >= 4 is 17.2 Å². The van der Waals surface area contributed by atoms with Gasteiger partial charge in [0.15, 0.2) is 0 Å². The van der Waals surface area contributed by atoms with Crippen LogP contribution in [0.1, 0.15) is 34.0 Å². The maximum atomic E-state index is 12.4. The summed E-state index contributed by atoms with van der Waals surface area (Å²) in [6.45, 7) is 3.64. The highest BCUT2D eigenvalue weighted by Gasteiger charge is 2.25. The molecule has 0 bridgehead atoms. The van der Waals surface area contributed by atoms with Gasteiger partial charge in [-0.15, -0.1) is 11.3 Å². The number of thiophene rings is 1. The van der Waals surface area contributed by atoms with Crippen molar-refractivity contribution in [3.8, 4) is 11.4 Å². The molecule has 134 valence electrons. The largest absolute Gasteiger partial charge is 0.339 e. The normalized spacial score (nSPS) is 15.3. The first-order valence-electron chi connectivity index (χ1n) is 8.91. The molecule has 0 aliphatic carbocycles. The number of hydrogen-bond acceptors (Lipinski definition) is 5. The molecule has 1 fully saturated rings. The Morgan fingerprint density at radius 1 is 1.23 bits per heavy atom. The molecule has 0 N–H and O–H groups in total. The van der Waals surface area contributed by atoms with Gasteiger partial charge in [-0.1, -0.05) is 41.1 Å². The average Bonchev–Trinajstić information content (AvgIpc) is 3.35. The number of rotatable bonds is 4.